The number of hydrazine groups is 2. The number of halogens is 3. The Bertz CT molecular complexity index is 264. The minimum atomic E-state index is -2.84. The number of hydrogen-bond donors (Lipinski definition) is 4. The molecule has 1 amide bonds. The van der Waals surface area contributed by atoms with Crippen LogP contribution in [0.25, 0.3) is 0 Å². The summed E-state index contributed by atoms with van der Waals surface area (Å²) in [5, 5.41) is 0. The third kappa shape index (κ3) is 1.81. The second-order valence-electron chi connectivity index (χ2n) is 3.32. The molecule has 14 heavy (non-hydrogen) atoms. The highest BCUT2D eigenvalue weighted by Crippen LogP contribution is 2.48. The van der Waals surface area contributed by atoms with Gasteiger partial charge in [-0.2, -0.15) is 0 Å². The van der Waals surface area contributed by atoms with Gasteiger partial charge in [-0.15, -0.1) is 11.6 Å². The Morgan fingerprint density at radius 3 is 2.50 bits per heavy atom. The topological polar surface area (TPSA) is 65.2 Å². The fourth-order valence-corrected chi connectivity index (χ4v) is 1.26. The third-order valence-electron chi connectivity index (χ3n) is 2.16. The van der Waals surface area contributed by atoms with Crippen molar-refractivity contribution in [1.82, 2.24) is 21.7 Å². The second kappa shape index (κ2) is 3.27. The predicted octanol–water partition coefficient (Wildman–Crippen LogP) is -0.739. The van der Waals surface area contributed by atoms with Crippen LogP contribution in [0.5, 0.6) is 0 Å². The van der Waals surface area contributed by atoms with Crippen molar-refractivity contribution in [3.8, 4) is 0 Å². The minimum absolute atomic E-state index is 0.340. The molecule has 80 valence electrons. The first-order valence-electron chi connectivity index (χ1n) is 4.09. The van der Waals surface area contributed by atoms with E-state index in [9.17, 15) is 13.6 Å². The predicted molar refractivity (Wildman–Crippen MR) is 44.0 cm³/mol. The van der Waals surface area contributed by atoms with Gasteiger partial charge in [0.15, 0.2) is 0 Å². The Morgan fingerprint density at radius 2 is 2.14 bits per heavy atom. The molecule has 1 aliphatic heterocycles. The summed E-state index contributed by atoms with van der Waals surface area (Å²) < 4.78 is 24.8. The molecule has 2 unspecified atom stereocenters. The molecule has 1 aliphatic carbocycles. The number of carbonyl (C=O) groups excluding carboxylic acids is 1. The standard InChI is InChI=1S/C6H9ClF2N4O/c7-3-4(11-10-3)12-13-5(14)2-1-6(2,8)9/h2-4,10-12H,1H2,(H,13,14)/t2?,3-,4?/m1/s1. The number of amides is 1. The lowest BCUT2D eigenvalue weighted by atomic mass is 10.4. The van der Waals surface area contributed by atoms with Gasteiger partial charge in [0.05, 0.1) is 0 Å². The van der Waals surface area contributed by atoms with Crippen molar-refractivity contribution >= 4 is 17.5 Å². The molecule has 2 rings (SSSR count). The molecule has 0 aromatic rings. The van der Waals surface area contributed by atoms with Crippen molar-refractivity contribution < 1.29 is 13.6 Å². The molecular formula is C6H9ClF2N4O. The lowest BCUT2D eigenvalue weighted by Crippen LogP contribution is -2.73. The average molecular weight is 227 g/mol. The van der Waals surface area contributed by atoms with Gasteiger partial charge in [0, 0.05) is 6.42 Å². The summed E-state index contributed by atoms with van der Waals surface area (Å²) in [6, 6.07) is 0. The Kier molecular flexibility index (Phi) is 2.34. The van der Waals surface area contributed by atoms with Crippen molar-refractivity contribution in [3.05, 3.63) is 0 Å². The van der Waals surface area contributed by atoms with Gasteiger partial charge in [0.25, 0.3) is 5.92 Å². The Labute approximate surface area is 83.5 Å². The van der Waals surface area contributed by atoms with Gasteiger partial charge in [-0.1, -0.05) is 0 Å². The van der Waals surface area contributed by atoms with Gasteiger partial charge in [-0.25, -0.2) is 25.1 Å². The molecule has 1 saturated carbocycles. The van der Waals surface area contributed by atoms with Crippen LogP contribution in [0, 0.1) is 5.92 Å². The average Bonchev–Trinajstić information content (AvgIpc) is 2.73. The molecule has 0 spiro atoms. The van der Waals surface area contributed by atoms with Crippen molar-refractivity contribution in [3.63, 3.8) is 0 Å². The van der Waals surface area contributed by atoms with E-state index in [2.05, 4.69) is 21.7 Å². The van der Waals surface area contributed by atoms with E-state index in [4.69, 9.17) is 11.6 Å². The largest absolute Gasteiger partial charge is 0.290 e. The van der Waals surface area contributed by atoms with Gasteiger partial charge in [-0.3, -0.25) is 10.2 Å². The first-order valence-corrected chi connectivity index (χ1v) is 4.53. The van der Waals surface area contributed by atoms with Gasteiger partial charge in [0.1, 0.15) is 17.6 Å². The SMILES string of the molecule is O=C(NNC1NN[C@H]1Cl)C1CC1(F)F. The summed E-state index contributed by atoms with van der Waals surface area (Å²) in [6.45, 7) is 0. The zero-order valence-corrected chi connectivity index (χ0v) is 7.74. The van der Waals surface area contributed by atoms with Gasteiger partial charge < -0.3 is 0 Å². The Balaban J connectivity index is 1.69. The third-order valence-corrected chi connectivity index (χ3v) is 2.52. The molecule has 3 atom stereocenters. The lowest BCUT2D eigenvalue weighted by molar-refractivity contribution is -0.126. The van der Waals surface area contributed by atoms with E-state index in [0.29, 0.717) is 0 Å². The van der Waals surface area contributed by atoms with E-state index in [0.717, 1.165) is 0 Å². The fourth-order valence-electron chi connectivity index (χ4n) is 1.07. The van der Waals surface area contributed by atoms with Crippen LogP contribution in [0.4, 0.5) is 8.78 Å². The highest BCUT2D eigenvalue weighted by molar-refractivity contribution is 6.21. The van der Waals surface area contributed by atoms with Gasteiger partial charge >= 0.3 is 0 Å². The van der Waals surface area contributed by atoms with E-state index in [1.165, 1.54) is 0 Å². The first kappa shape index (κ1) is 10.0. The molecule has 2 aliphatic rings. The highest BCUT2D eigenvalue weighted by atomic mass is 35.5. The van der Waals surface area contributed by atoms with Crippen molar-refractivity contribution in [2.45, 2.75) is 24.0 Å². The minimum Gasteiger partial charge on any atom is -0.290 e. The molecule has 0 radical (unpaired) electrons. The van der Waals surface area contributed by atoms with Crippen LogP contribution in [0.3, 0.4) is 0 Å². The molecule has 0 bridgehead atoms. The van der Waals surface area contributed by atoms with Crippen molar-refractivity contribution in [2.24, 2.45) is 5.92 Å². The quantitative estimate of drug-likeness (QED) is 0.291. The molecular weight excluding hydrogens is 218 g/mol. The number of rotatable bonds is 3. The Hall–Kier alpha value is -0.500. The summed E-state index contributed by atoms with van der Waals surface area (Å²) >= 11 is 5.61. The fraction of sp³-hybridized carbons (Fsp3) is 0.833. The molecule has 0 aromatic heterocycles. The van der Waals surface area contributed by atoms with Crippen LogP contribution in [0.1, 0.15) is 6.42 Å². The van der Waals surface area contributed by atoms with E-state index in [1.807, 2.05) is 0 Å². The summed E-state index contributed by atoms with van der Waals surface area (Å²) in [4.78, 5) is 11.0. The lowest BCUT2D eigenvalue weighted by Gasteiger charge is -2.35. The van der Waals surface area contributed by atoms with Crippen molar-refractivity contribution in [1.29, 1.82) is 0 Å². The number of carbonyl (C=O) groups is 1. The number of nitrogens with one attached hydrogen (secondary N) is 4. The number of alkyl halides is 3. The summed E-state index contributed by atoms with van der Waals surface area (Å²) in [6.07, 6.45) is -0.714. The van der Waals surface area contributed by atoms with Crippen LogP contribution in [-0.2, 0) is 4.79 Å². The van der Waals surface area contributed by atoms with Crippen LogP contribution in [0.2, 0.25) is 0 Å². The van der Waals surface area contributed by atoms with E-state index in [-0.39, 0.29) is 18.1 Å². The second-order valence-corrected chi connectivity index (χ2v) is 3.79. The molecule has 1 heterocycles. The smallest absolute Gasteiger partial charge is 0.260 e. The Morgan fingerprint density at radius 1 is 1.50 bits per heavy atom. The van der Waals surface area contributed by atoms with E-state index in [1.54, 1.807) is 0 Å². The zero-order valence-electron chi connectivity index (χ0n) is 6.98. The summed E-state index contributed by atoms with van der Waals surface area (Å²) in [7, 11) is 0. The highest BCUT2D eigenvalue weighted by Gasteiger charge is 2.61. The molecule has 1 saturated heterocycles. The van der Waals surface area contributed by atoms with E-state index < -0.39 is 17.7 Å². The molecule has 4 N–H and O–H groups in total. The normalized spacial score (nSPS) is 38.6. The van der Waals surface area contributed by atoms with Crippen LogP contribution in [-0.4, -0.2) is 23.5 Å². The van der Waals surface area contributed by atoms with Gasteiger partial charge in [0.2, 0.25) is 5.91 Å². The molecule has 2 fully saturated rings. The maximum atomic E-state index is 12.4. The summed E-state index contributed by atoms with van der Waals surface area (Å²) in [5.41, 5.74) is 9.53. The number of hydrogen-bond acceptors (Lipinski definition) is 4. The van der Waals surface area contributed by atoms with Gasteiger partial charge in [-0.05, 0) is 0 Å². The van der Waals surface area contributed by atoms with Crippen LogP contribution >= 0.6 is 11.6 Å². The molecule has 8 heteroatoms. The van der Waals surface area contributed by atoms with E-state index >= 15 is 0 Å². The molecule has 0 aromatic carbocycles. The zero-order chi connectivity index (χ0) is 10.3. The maximum Gasteiger partial charge on any atom is 0.260 e. The molecule has 5 nitrogen and oxygen atoms in total. The van der Waals surface area contributed by atoms with Crippen molar-refractivity contribution in [2.75, 3.05) is 0 Å². The first-order chi connectivity index (χ1) is 6.50. The summed E-state index contributed by atoms with van der Waals surface area (Å²) in [5.74, 6) is -4.73. The maximum absolute atomic E-state index is 12.4. The van der Waals surface area contributed by atoms with Crippen LogP contribution < -0.4 is 21.7 Å². The monoisotopic (exact) mass is 226 g/mol. The van der Waals surface area contributed by atoms with Crippen LogP contribution in [0.15, 0.2) is 0 Å².